The van der Waals surface area contributed by atoms with E-state index in [0.29, 0.717) is 11.4 Å². The van der Waals surface area contributed by atoms with Crippen molar-refractivity contribution >= 4 is 5.97 Å². The van der Waals surface area contributed by atoms with Gasteiger partial charge in [-0.1, -0.05) is 0 Å². The largest absolute Gasteiger partial charge is 0.478 e. The first kappa shape index (κ1) is 12.2. The lowest BCUT2D eigenvalue weighted by molar-refractivity contribution is 0.0697. The third-order valence-corrected chi connectivity index (χ3v) is 2.44. The smallest absolute Gasteiger partial charge is 0.339 e. The molecule has 0 spiro atoms. The van der Waals surface area contributed by atoms with Gasteiger partial charge < -0.3 is 5.11 Å². The number of nitrogens with zero attached hydrogens (tertiary/aromatic N) is 4. The Morgan fingerprint density at radius 1 is 1.33 bits per heavy atom. The first-order valence-corrected chi connectivity index (χ1v) is 5.49. The summed E-state index contributed by atoms with van der Waals surface area (Å²) in [4.78, 5) is 19.2. The maximum atomic E-state index is 11.2. The Morgan fingerprint density at radius 2 is 2.06 bits per heavy atom. The molecule has 0 fully saturated rings. The van der Waals surface area contributed by atoms with E-state index in [1.165, 1.54) is 24.8 Å². The predicted molar refractivity (Wildman–Crippen MR) is 65.2 cm³/mol. The van der Waals surface area contributed by atoms with Crippen molar-refractivity contribution < 1.29 is 9.90 Å². The molecule has 0 aliphatic carbocycles. The second kappa shape index (κ2) is 4.21. The van der Waals surface area contributed by atoms with Gasteiger partial charge in [0, 0.05) is 18.6 Å². The lowest BCUT2D eigenvalue weighted by Crippen LogP contribution is -2.22. The Hall–Kier alpha value is -2.24. The van der Waals surface area contributed by atoms with Crippen molar-refractivity contribution in [3.8, 4) is 11.4 Å². The van der Waals surface area contributed by atoms with E-state index in [-0.39, 0.29) is 11.1 Å². The highest BCUT2D eigenvalue weighted by Crippen LogP contribution is 2.23. The van der Waals surface area contributed by atoms with Crippen molar-refractivity contribution in [3.05, 3.63) is 30.4 Å². The number of hydrogen-bond donors (Lipinski definition) is 1. The van der Waals surface area contributed by atoms with Crippen molar-refractivity contribution in [1.82, 2.24) is 19.7 Å². The minimum atomic E-state index is -1.02. The summed E-state index contributed by atoms with van der Waals surface area (Å²) in [5.41, 5.74) is 0.638. The molecule has 0 bridgehead atoms. The molecule has 0 amide bonds. The fraction of sp³-hybridized carbons (Fsp3) is 0.333. The predicted octanol–water partition coefficient (Wildman–Crippen LogP) is 1.79. The van der Waals surface area contributed by atoms with Crippen LogP contribution in [0.5, 0.6) is 0 Å². The molecule has 0 unspecified atom stereocenters. The van der Waals surface area contributed by atoms with Crippen LogP contribution in [0, 0.1) is 0 Å². The van der Waals surface area contributed by atoms with Crippen LogP contribution in [0.1, 0.15) is 31.1 Å². The molecule has 0 saturated heterocycles. The van der Waals surface area contributed by atoms with E-state index in [1.807, 2.05) is 20.8 Å². The molecule has 6 heteroatoms. The lowest BCUT2D eigenvalue weighted by atomic mass is 10.1. The highest BCUT2D eigenvalue weighted by molar-refractivity contribution is 5.94. The van der Waals surface area contributed by atoms with Crippen LogP contribution in [-0.2, 0) is 5.54 Å². The number of carbonyl (C=O) groups is 1. The zero-order chi connectivity index (χ0) is 13.3. The van der Waals surface area contributed by atoms with Gasteiger partial charge in [0.2, 0.25) is 0 Å². The van der Waals surface area contributed by atoms with E-state index in [4.69, 9.17) is 0 Å². The topological polar surface area (TPSA) is 80.9 Å². The molecule has 18 heavy (non-hydrogen) atoms. The van der Waals surface area contributed by atoms with Gasteiger partial charge in [-0.15, -0.1) is 0 Å². The minimum absolute atomic E-state index is 0.130. The monoisotopic (exact) mass is 246 g/mol. The summed E-state index contributed by atoms with van der Waals surface area (Å²) in [6.07, 6.45) is 6.07. The summed E-state index contributed by atoms with van der Waals surface area (Å²) in [5, 5.41) is 13.5. The van der Waals surface area contributed by atoms with Crippen molar-refractivity contribution in [2.45, 2.75) is 26.3 Å². The molecule has 2 heterocycles. The molecule has 6 nitrogen and oxygen atoms in total. The van der Waals surface area contributed by atoms with E-state index in [0.717, 1.165) is 0 Å². The zero-order valence-electron chi connectivity index (χ0n) is 10.5. The van der Waals surface area contributed by atoms with Crippen LogP contribution in [0.15, 0.2) is 24.8 Å². The molecule has 0 aromatic carbocycles. The van der Waals surface area contributed by atoms with E-state index in [2.05, 4.69) is 15.1 Å². The molecule has 0 atom stereocenters. The summed E-state index contributed by atoms with van der Waals surface area (Å²) in [5.74, 6) is -1.02. The number of carboxylic acid groups (broad SMARTS) is 1. The molecule has 0 saturated carbocycles. The maximum absolute atomic E-state index is 11.2. The van der Waals surface area contributed by atoms with Gasteiger partial charge in [-0.05, 0) is 20.8 Å². The number of rotatable bonds is 2. The van der Waals surface area contributed by atoms with Gasteiger partial charge >= 0.3 is 5.97 Å². The molecule has 94 valence electrons. The number of hydrogen-bond acceptors (Lipinski definition) is 4. The minimum Gasteiger partial charge on any atom is -0.478 e. The van der Waals surface area contributed by atoms with Crippen LogP contribution in [-0.4, -0.2) is 30.8 Å². The van der Waals surface area contributed by atoms with Gasteiger partial charge in [0.05, 0.1) is 11.7 Å². The molecule has 2 aromatic heterocycles. The average Bonchev–Trinajstić information content (AvgIpc) is 2.74. The molecule has 0 aliphatic heterocycles. The Bertz CT molecular complexity index is 570. The third-order valence-electron chi connectivity index (χ3n) is 2.44. The van der Waals surface area contributed by atoms with Crippen LogP contribution < -0.4 is 0 Å². The fourth-order valence-corrected chi connectivity index (χ4v) is 1.48. The van der Waals surface area contributed by atoms with E-state index in [9.17, 15) is 9.90 Å². The summed E-state index contributed by atoms with van der Waals surface area (Å²) in [6.45, 7) is 5.85. The first-order valence-electron chi connectivity index (χ1n) is 5.49. The maximum Gasteiger partial charge on any atom is 0.339 e. The Kier molecular flexibility index (Phi) is 2.86. The van der Waals surface area contributed by atoms with Crippen LogP contribution in [0.2, 0.25) is 0 Å². The van der Waals surface area contributed by atoms with Crippen LogP contribution in [0.3, 0.4) is 0 Å². The highest BCUT2D eigenvalue weighted by Gasteiger charge is 2.23. The summed E-state index contributed by atoms with van der Waals surface area (Å²) in [7, 11) is 0. The van der Waals surface area contributed by atoms with Crippen LogP contribution >= 0.6 is 0 Å². The molecule has 2 rings (SSSR count). The standard InChI is InChI=1S/C12H14N4O2/c1-12(2,3)16-7-8(11(17)18)10(15-16)9-6-13-4-5-14-9/h4-7H,1-3H3,(H,17,18). The van der Waals surface area contributed by atoms with Gasteiger partial charge in [-0.3, -0.25) is 14.6 Å². The zero-order valence-corrected chi connectivity index (χ0v) is 10.5. The van der Waals surface area contributed by atoms with Crippen molar-refractivity contribution in [3.63, 3.8) is 0 Å². The van der Waals surface area contributed by atoms with Crippen LogP contribution in [0.25, 0.3) is 11.4 Å². The Balaban J connectivity index is 2.60. The Labute approximate surface area is 104 Å². The lowest BCUT2D eigenvalue weighted by Gasteiger charge is -2.18. The van der Waals surface area contributed by atoms with E-state index in [1.54, 1.807) is 4.68 Å². The van der Waals surface area contributed by atoms with Gasteiger partial charge in [-0.25, -0.2) is 4.79 Å². The molecule has 1 N–H and O–H groups in total. The second-order valence-electron chi connectivity index (χ2n) is 4.90. The molecule has 2 aromatic rings. The molecule has 0 aliphatic rings. The van der Waals surface area contributed by atoms with Gasteiger partial charge in [0.15, 0.2) is 0 Å². The quantitative estimate of drug-likeness (QED) is 0.873. The molecule has 0 radical (unpaired) electrons. The van der Waals surface area contributed by atoms with Gasteiger partial charge in [0.1, 0.15) is 17.0 Å². The normalized spacial score (nSPS) is 11.5. The molecular weight excluding hydrogens is 232 g/mol. The second-order valence-corrected chi connectivity index (χ2v) is 4.90. The van der Waals surface area contributed by atoms with E-state index >= 15 is 0 Å². The third kappa shape index (κ3) is 2.22. The number of carboxylic acids is 1. The first-order chi connectivity index (χ1) is 8.39. The summed E-state index contributed by atoms with van der Waals surface area (Å²) in [6, 6.07) is 0. The van der Waals surface area contributed by atoms with Gasteiger partial charge in [-0.2, -0.15) is 5.10 Å². The van der Waals surface area contributed by atoms with Crippen molar-refractivity contribution in [1.29, 1.82) is 0 Å². The number of aromatic carboxylic acids is 1. The SMILES string of the molecule is CC(C)(C)n1cc(C(=O)O)c(-c2cnccn2)n1. The summed E-state index contributed by atoms with van der Waals surface area (Å²) < 4.78 is 1.63. The highest BCUT2D eigenvalue weighted by atomic mass is 16.4. The Morgan fingerprint density at radius 3 is 2.56 bits per heavy atom. The van der Waals surface area contributed by atoms with Crippen molar-refractivity contribution in [2.24, 2.45) is 0 Å². The molecular formula is C12H14N4O2. The average molecular weight is 246 g/mol. The summed E-state index contributed by atoms with van der Waals surface area (Å²) >= 11 is 0. The fourth-order valence-electron chi connectivity index (χ4n) is 1.48. The van der Waals surface area contributed by atoms with Crippen LogP contribution in [0.4, 0.5) is 0 Å². The van der Waals surface area contributed by atoms with E-state index < -0.39 is 5.97 Å². The van der Waals surface area contributed by atoms with Crippen molar-refractivity contribution in [2.75, 3.05) is 0 Å². The van der Waals surface area contributed by atoms with Gasteiger partial charge in [0.25, 0.3) is 0 Å². The number of aromatic nitrogens is 4.